The van der Waals surface area contributed by atoms with Gasteiger partial charge >= 0.3 is 59.7 Å². The lowest BCUT2D eigenvalue weighted by Gasteiger charge is -2.25. The third kappa shape index (κ3) is 58.9. The van der Waals surface area contributed by atoms with Crippen LogP contribution in [0.5, 0.6) is 0 Å². The third-order valence-electron chi connectivity index (χ3n) is 16.3. The van der Waals surface area contributed by atoms with Crippen molar-refractivity contribution in [1.29, 1.82) is 0 Å². The van der Waals surface area contributed by atoms with Crippen molar-refractivity contribution in [2.75, 3.05) is 60.0 Å². The quantitative estimate of drug-likeness (QED) is 0.0311. The average molecular weight is 1420 g/mol. The fourth-order valence-corrected chi connectivity index (χ4v) is 10.2. The summed E-state index contributed by atoms with van der Waals surface area (Å²) in [5.74, 6) is -5.62. The summed E-state index contributed by atoms with van der Waals surface area (Å²) in [7, 11) is 1.40. The molecule has 0 spiro atoms. The van der Waals surface area contributed by atoms with Gasteiger partial charge in [0.1, 0.15) is 6.61 Å². The number of carbonyl (C=O) groups is 10. The van der Waals surface area contributed by atoms with Crippen LogP contribution in [0.25, 0.3) is 0 Å². The molecule has 0 bridgehead atoms. The highest BCUT2D eigenvalue weighted by atomic mass is 16.6. The van der Waals surface area contributed by atoms with Crippen LogP contribution in [0.3, 0.4) is 0 Å². The van der Waals surface area contributed by atoms with E-state index in [1.165, 1.54) is 64.9 Å². The molecule has 0 N–H and O–H groups in total. The van der Waals surface area contributed by atoms with Crippen molar-refractivity contribution < 1.29 is 105 Å². The molecule has 22 nitrogen and oxygen atoms in total. The van der Waals surface area contributed by atoms with Crippen molar-refractivity contribution in [3.8, 4) is 0 Å². The zero-order valence-corrected chi connectivity index (χ0v) is 61.3. The normalized spacial score (nSPS) is 12.4. The Hall–Kier alpha value is -5.38. The molecule has 0 aliphatic heterocycles. The largest absolute Gasteiger partial charge is 0.466 e. The predicted octanol–water partition coefficient (Wildman–Crippen LogP) is 16.9. The second-order valence-corrected chi connectivity index (χ2v) is 25.3. The van der Waals surface area contributed by atoms with Crippen molar-refractivity contribution in [3.63, 3.8) is 0 Å². The molecule has 99 heavy (non-hydrogen) atoms. The van der Waals surface area contributed by atoms with E-state index in [1.807, 2.05) is 34.6 Å². The number of unbranched alkanes of at least 4 members (excludes halogenated alkanes) is 24. The number of carbonyl (C=O) groups excluding carboxylic acids is 10. The summed E-state index contributed by atoms with van der Waals surface area (Å²) in [6.45, 7) is 14.4. The van der Waals surface area contributed by atoms with Gasteiger partial charge < -0.3 is 56.8 Å². The minimum Gasteiger partial charge on any atom is -0.466 e. The molecule has 22 heteroatoms. The van der Waals surface area contributed by atoms with E-state index in [0.717, 1.165) is 32.1 Å². The third-order valence-corrected chi connectivity index (χ3v) is 16.3. The Morgan fingerprint density at radius 1 is 0.222 bits per heavy atom. The van der Waals surface area contributed by atoms with E-state index >= 15 is 0 Å². The van der Waals surface area contributed by atoms with Gasteiger partial charge in [0.25, 0.3) is 0 Å². The monoisotopic (exact) mass is 1420 g/mol. The van der Waals surface area contributed by atoms with E-state index in [2.05, 4.69) is 6.92 Å². The smallest absolute Gasteiger partial charge is 0.348 e. The van der Waals surface area contributed by atoms with Gasteiger partial charge in [-0.05, 0) is 161 Å². The van der Waals surface area contributed by atoms with Crippen LogP contribution in [0.4, 0.5) is 0 Å². The predicted molar refractivity (Wildman–Crippen MR) is 382 cm³/mol. The topological polar surface area (TPSA) is 281 Å². The SMILES string of the molecule is C.C.CCCCCCCCCCCCOCCOC(=O)CCCCCOC(=O)CCCCCOC(=O)CCCCCOC(=O)CCCCCOC(=O)CCCCCOC(=O)C(CCCC)OC(=O)C(CCCC)OC(=O)C(CCCC)OC(=O)C(CCCC)OC(=O)C(CCCC)OC. The minimum absolute atomic E-state index is 0. The molecule has 0 aromatic rings. The molecule has 0 aromatic carbocycles. The molecule has 5 unspecified atom stereocenters. The highest BCUT2D eigenvalue weighted by Gasteiger charge is 2.36. The van der Waals surface area contributed by atoms with Gasteiger partial charge in [0.05, 0.1) is 39.6 Å². The van der Waals surface area contributed by atoms with Crippen molar-refractivity contribution in [1.82, 2.24) is 0 Å². The van der Waals surface area contributed by atoms with E-state index in [4.69, 9.17) is 56.8 Å². The Morgan fingerprint density at radius 3 is 0.737 bits per heavy atom. The molecule has 0 saturated carbocycles. The van der Waals surface area contributed by atoms with Crippen LogP contribution in [-0.2, 0) is 105 Å². The highest BCUT2D eigenvalue weighted by Crippen LogP contribution is 2.21. The number of ether oxygens (including phenoxy) is 12. The lowest BCUT2D eigenvalue weighted by molar-refractivity contribution is -0.189. The van der Waals surface area contributed by atoms with E-state index < -0.39 is 60.4 Å². The van der Waals surface area contributed by atoms with Gasteiger partial charge in [0.2, 0.25) is 0 Å². The number of methoxy groups -OCH3 is 1. The fraction of sp³-hybridized carbons (Fsp3) is 0.870. The zero-order valence-electron chi connectivity index (χ0n) is 61.3. The lowest BCUT2D eigenvalue weighted by Crippen LogP contribution is -2.41. The van der Waals surface area contributed by atoms with Crippen LogP contribution in [-0.4, -0.2) is 150 Å². The summed E-state index contributed by atoms with van der Waals surface area (Å²) in [4.78, 5) is 128. The van der Waals surface area contributed by atoms with Crippen LogP contribution in [0.2, 0.25) is 0 Å². The van der Waals surface area contributed by atoms with Gasteiger partial charge in [-0.25, -0.2) is 24.0 Å². The van der Waals surface area contributed by atoms with Gasteiger partial charge in [-0.15, -0.1) is 0 Å². The first-order valence-electron chi connectivity index (χ1n) is 38.0. The maximum atomic E-state index is 13.7. The van der Waals surface area contributed by atoms with Crippen molar-refractivity contribution in [3.05, 3.63) is 0 Å². The Morgan fingerprint density at radius 2 is 0.444 bits per heavy atom. The van der Waals surface area contributed by atoms with Gasteiger partial charge in [0.15, 0.2) is 30.5 Å². The number of hydrogen-bond donors (Lipinski definition) is 0. The van der Waals surface area contributed by atoms with Crippen molar-refractivity contribution in [2.24, 2.45) is 0 Å². The summed E-state index contributed by atoms with van der Waals surface area (Å²) >= 11 is 0. The van der Waals surface area contributed by atoms with Crippen LogP contribution in [0.15, 0.2) is 0 Å². The molecule has 580 valence electrons. The molecular weight excluding hydrogens is 1280 g/mol. The number of hydrogen-bond acceptors (Lipinski definition) is 22. The lowest BCUT2D eigenvalue weighted by atomic mass is 10.1. The van der Waals surface area contributed by atoms with Crippen LogP contribution in [0.1, 0.15) is 345 Å². The maximum Gasteiger partial charge on any atom is 0.348 e. The van der Waals surface area contributed by atoms with Crippen LogP contribution < -0.4 is 0 Å². The maximum absolute atomic E-state index is 13.7. The van der Waals surface area contributed by atoms with E-state index in [0.29, 0.717) is 174 Å². The summed E-state index contributed by atoms with van der Waals surface area (Å²) < 4.78 is 65.7. The first-order chi connectivity index (χ1) is 47.1. The zero-order chi connectivity index (χ0) is 71.6. The van der Waals surface area contributed by atoms with Gasteiger partial charge in [-0.1, -0.05) is 153 Å². The van der Waals surface area contributed by atoms with Gasteiger partial charge in [0, 0.05) is 45.8 Å². The van der Waals surface area contributed by atoms with E-state index in [1.54, 1.807) is 0 Å². The first kappa shape index (κ1) is 97.8. The molecule has 0 aliphatic carbocycles. The molecule has 0 fully saturated rings. The molecule has 5 atom stereocenters. The second-order valence-electron chi connectivity index (χ2n) is 25.3. The summed E-state index contributed by atoms with van der Waals surface area (Å²) in [6.07, 6.45) is 24.8. The molecule has 0 aliphatic rings. The van der Waals surface area contributed by atoms with E-state index in [-0.39, 0.29) is 123 Å². The average Bonchev–Trinajstić information content (AvgIpc) is 0.940. The van der Waals surface area contributed by atoms with Crippen LogP contribution >= 0.6 is 0 Å². The minimum atomic E-state index is -1.39. The molecular formula is C77H140O22. The Balaban J connectivity index is -0.0000461. The molecule has 0 heterocycles. The summed E-state index contributed by atoms with van der Waals surface area (Å²) in [6, 6.07) is 0. The molecule has 0 rings (SSSR count). The van der Waals surface area contributed by atoms with Crippen molar-refractivity contribution in [2.45, 2.75) is 376 Å². The van der Waals surface area contributed by atoms with Crippen molar-refractivity contribution >= 4 is 59.7 Å². The molecule has 0 saturated heterocycles. The molecule has 0 aromatic heterocycles. The second kappa shape index (κ2) is 71.0. The Bertz CT molecular complexity index is 2030. The molecule has 0 radical (unpaired) electrons. The Kier molecular flexibility index (Phi) is 70.2. The van der Waals surface area contributed by atoms with E-state index in [9.17, 15) is 47.9 Å². The number of esters is 10. The van der Waals surface area contributed by atoms with Crippen LogP contribution in [0, 0.1) is 0 Å². The first-order valence-corrected chi connectivity index (χ1v) is 38.0. The van der Waals surface area contributed by atoms with Gasteiger partial charge in [-0.2, -0.15) is 0 Å². The number of rotatable bonds is 69. The summed E-state index contributed by atoms with van der Waals surface area (Å²) in [5, 5.41) is 0. The Labute approximate surface area is 597 Å². The highest BCUT2D eigenvalue weighted by molar-refractivity contribution is 5.86. The fourth-order valence-electron chi connectivity index (χ4n) is 10.2. The standard InChI is InChI=1S/C75H132O22.2CH4/c1-8-14-20-21-22-23-24-25-26-37-53-87-59-60-92-70(80)52-35-30-41-57-90-68(78)50-33-28-39-55-88-66(76)48-32-27-38-54-89-67(77)49-34-29-40-56-91-69(79)51-36-31-42-58-93-71(81)62(44-16-10-3)94-73(83)64(46-18-12-5)96-75(85)65(47-19-13-6)97-74(84)63(45-17-11-4)95-72(82)61(86-7)43-15-9-2;;/h61-65H,8-60H2,1-7H3;2*1H4. The molecule has 0 amide bonds. The van der Waals surface area contributed by atoms with Gasteiger partial charge in [-0.3, -0.25) is 24.0 Å². The summed E-state index contributed by atoms with van der Waals surface area (Å²) in [5.41, 5.74) is 0.